The number of aliphatic hydroxyl groups excluding tert-OH is 1. The van der Waals surface area contributed by atoms with Gasteiger partial charge in [0.05, 0.1) is 22.8 Å². The van der Waals surface area contributed by atoms with E-state index in [1.165, 1.54) is 17.0 Å². The van der Waals surface area contributed by atoms with Crippen LogP contribution in [0.3, 0.4) is 0 Å². The van der Waals surface area contributed by atoms with Gasteiger partial charge < -0.3 is 10.0 Å². The van der Waals surface area contributed by atoms with Gasteiger partial charge in [-0.2, -0.15) is 0 Å². The highest BCUT2D eigenvalue weighted by Crippen LogP contribution is 2.20. The third-order valence-electron chi connectivity index (χ3n) is 3.80. The zero-order chi connectivity index (χ0) is 18.3. The van der Waals surface area contributed by atoms with Gasteiger partial charge in [-0.3, -0.25) is 4.79 Å². The highest BCUT2D eigenvalue weighted by atomic mass is 32.2. The van der Waals surface area contributed by atoms with Crippen molar-refractivity contribution in [2.24, 2.45) is 0 Å². The van der Waals surface area contributed by atoms with Gasteiger partial charge in [0, 0.05) is 13.1 Å². The van der Waals surface area contributed by atoms with Crippen molar-refractivity contribution in [2.45, 2.75) is 24.8 Å². The number of hydrogen-bond donors (Lipinski definition) is 1. The number of carbonyl (C=O) groups is 1. The van der Waals surface area contributed by atoms with Gasteiger partial charge in [-0.1, -0.05) is 49.4 Å². The first kappa shape index (κ1) is 19.1. The average molecular weight is 361 g/mol. The lowest BCUT2D eigenvalue weighted by molar-refractivity contribution is 0.0704. The molecule has 1 N–H and O–H groups in total. The summed E-state index contributed by atoms with van der Waals surface area (Å²) >= 11 is 0. The van der Waals surface area contributed by atoms with E-state index in [-0.39, 0.29) is 29.4 Å². The average Bonchev–Trinajstić information content (AvgIpc) is 2.61. The highest BCUT2D eigenvalue weighted by Gasteiger charge is 2.24. The van der Waals surface area contributed by atoms with E-state index >= 15 is 0 Å². The first-order valence-corrected chi connectivity index (χ1v) is 9.90. The number of nitrogens with zero attached hydrogens (tertiary/aromatic N) is 1. The van der Waals surface area contributed by atoms with Gasteiger partial charge in [0.15, 0.2) is 9.84 Å². The molecule has 0 fully saturated rings. The first-order chi connectivity index (χ1) is 12.0. The molecule has 0 atom stereocenters. The van der Waals surface area contributed by atoms with E-state index in [1.807, 2.05) is 30.3 Å². The summed E-state index contributed by atoms with van der Waals surface area (Å²) in [7, 11) is -3.52. The van der Waals surface area contributed by atoms with Crippen molar-refractivity contribution in [3.63, 3.8) is 0 Å². The molecular formula is C19H23NO4S. The maximum Gasteiger partial charge on any atom is 0.255 e. The van der Waals surface area contributed by atoms with Crippen LogP contribution in [0.4, 0.5) is 0 Å². The Kier molecular flexibility index (Phi) is 6.73. The first-order valence-electron chi connectivity index (χ1n) is 8.25. The lowest BCUT2D eigenvalue weighted by Gasteiger charge is -2.23. The molecule has 0 spiro atoms. The fraction of sp³-hybridized carbons (Fsp3) is 0.316. The molecule has 0 aliphatic rings. The van der Waals surface area contributed by atoms with E-state index in [0.29, 0.717) is 13.0 Å². The minimum absolute atomic E-state index is 0.00399. The second kappa shape index (κ2) is 8.78. The van der Waals surface area contributed by atoms with Crippen molar-refractivity contribution in [1.82, 2.24) is 4.90 Å². The fourth-order valence-electron chi connectivity index (χ4n) is 2.64. The van der Waals surface area contributed by atoms with Crippen molar-refractivity contribution >= 4 is 15.7 Å². The molecule has 5 nitrogen and oxygen atoms in total. The molecule has 0 saturated carbocycles. The molecule has 0 aliphatic heterocycles. The molecule has 0 heterocycles. The smallest absolute Gasteiger partial charge is 0.255 e. The van der Waals surface area contributed by atoms with Gasteiger partial charge in [-0.05, 0) is 24.1 Å². The fourth-order valence-corrected chi connectivity index (χ4v) is 4.17. The van der Waals surface area contributed by atoms with Gasteiger partial charge in [0.1, 0.15) is 0 Å². The van der Waals surface area contributed by atoms with Crippen LogP contribution in [0.5, 0.6) is 0 Å². The monoisotopic (exact) mass is 361 g/mol. The molecule has 0 radical (unpaired) electrons. The van der Waals surface area contributed by atoms with E-state index in [0.717, 1.165) is 5.56 Å². The normalized spacial score (nSPS) is 11.3. The van der Waals surface area contributed by atoms with Crippen LogP contribution < -0.4 is 0 Å². The highest BCUT2D eigenvalue weighted by molar-refractivity contribution is 7.91. The molecule has 134 valence electrons. The van der Waals surface area contributed by atoms with Crippen LogP contribution in [-0.2, 0) is 16.4 Å². The summed E-state index contributed by atoms with van der Waals surface area (Å²) < 4.78 is 25.0. The Labute approximate surface area is 148 Å². The lowest BCUT2D eigenvalue weighted by atomic mass is 10.1. The zero-order valence-corrected chi connectivity index (χ0v) is 15.1. The predicted octanol–water partition coefficient (Wildman–Crippen LogP) is 2.51. The van der Waals surface area contributed by atoms with Crippen LogP contribution in [0.2, 0.25) is 0 Å². The number of amides is 1. The van der Waals surface area contributed by atoms with E-state index < -0.39 is 15.7 Å². The van der Waals surface area contributed by atoms with Crippen LogP contribution in [0.15, 0.2) is 59.5 Å². The molecule has 2 rings (SSSR count). The van der Waals surface area contributed by atoms with Crippen molar-refractivity contribution < 1.29 is 18.3 Å². The van der Waals surface area contributed by atoms with Crippen LogP contribution in [0, 0.1) is 0 Å². The Morgan fingerprint density at radius 2 is 1.68 bits per heavy atom. The Bertz CT molecular complexity index is 803. The maximum absolute atomic E-state index is 13.0. The van der Waals surface area contributed by atoms with Crippen molar-refractivity contribution in [2.75, 3.05) is 18.9 Å². The molecule has 0 bridgehead atoms. The van der Waals surface area contributed by atoms with Crippen molar-refractivity contribution in [3.8, 4) is 0 Å². The van der Waals surface area contributed by atoms with E-state index in [9.17, 15) is 18.3 Å². The van der Waals surface area contributed by atoms with Gasteiger partial charge in [0.2, 0.25) is 0 Å². The molecule has 0 aromatic heterocycles. The van der Waals surface area contributed by atoms with Crippen LogP contribution in [-0.4, -0.2) is 43.2 Å². The second-order valence-electron chi connectivity index (χ2n) is 5.75. The molecule has 0 aliphatic carbocycles. The van der Waals surface area contributed by atoms with E-state index in [4.69, 9.17) is 0 Å². The quantitative estimate of drug-likeness (QED) is 0.784. The summed E-state index contributed by atoms with van der Waals surface area (Å²) in [6, 6.07) is 15.7. The zero-order valence-electron chi connectivity index (χ0n) is 14.3. The van der Waals surface area contributed by atoms with Gasteiger partial charge >= 0.3 is 0 Å². The maximum atomic E-state index is 13.0. The Morgan fingerprint density at radius 3 is 2.32 bits per heavy atom. The number of hydrogen-bond acceptors (Lipinski definition) is 4. The predicted molar refractivity (Wildman–Crippen MR) is 97.1 cm³/mol. The molecule has 6 heteroatoms. The molecule has 0 unspecified atom stereocenters. The number of benzene rings is 2. The van der Waals surface area contributed by atoms with Crippen molar-refractivity contribution in [1.29, 1.82) is 0 Å². The van der Waals surface area contributed by atoms with Gasteiger partial charge in [0.25, 0.3) is 5.91 Å². The number of carbonyl (C=O) groups excluding carboxylic acids is 1. The Morgan fingerprint density at radius 1 is 1.04 bits per heavy atom. The summed E-state index contributed by atoms with van der Waals surface area (Å²) in [4.78, 5) is 14.5. The summed E-state index contributed by atoms with van der Waals surface area (Å²) in [6.45, 7) is 2.04. The summed E-state index contributed by atoms with van der Waals surface area (Å²) in [5, 5.41) is 9.31. The van der Waals surface area contributed by atoms with Crippen molar-refractivity contribution in [3.05, 3.63) is 65.7 Å². The van der Waals surface area contributed by atoms with Crippen LogP contribution in [0.25, 0.3) is 0 Å². The molecule has 2 aromatic rings. The molecule has 1 amide bonds. The van der Waals surface area contributed by atoms with Gasteiger partial charge in [-0.15, -0.1) is 0 Å². The third-order valence-corrected chi connectivity index (χ3v) is 5.77. The number of rotatable bonds is 8. The summed E-state index contributed by atoms with van der Waals surface area (Å²) in [6.07, 6.45) is 0.481. The number of sulfone groups is 1. The standard InChI is InChI=1S/C19H23NO4S/c1-2-14-25(23,24)18-11-7-6-10-17(18)19(22)20(12-13-21)15-16-8-4-3-5-9-16/h3-11,21H,2,12-15H2,1H3. The molecular weight excluding hydrogens is 338 g/mol. The van der Waals surface area contributed by atoms with E-state index in [2.05, 4.69) is 0 Å². The molecule has 2 aromatic carbocycles. The summed E-state index contributed by atoms with van der Waals surface area (Å²) in [5.41, 5.74) is 1.07. The Hall–Kier alpha value is -2.18. The molecule has 0 saturated heterocycles. The second-order valence-corrected chi connectivity index (χ2v) is 7.83. The van der Waals surface area contributed by atoms with Gasteiger partial charge in [-0.25, -0.2) is 8.42 Å². The minimum Gasteiger partial charge on any atom is -0.395 e. The topological polar surface area (TPSA) is 74.7 Å². The lowest BCUT2D eigenvalue weighted by Crippen LogP contribution is -2.34. The summed E-state index contributed by atoms with van der Waals surface area (Å²) in [5.74, 6) is -0.399. The SMILES string of the molecule is CCCS(=O)(=O)c1ccccc1C(=O)N(CCO)Cc1ccccc1. The largest absolute Gasteiger partial charge is 0.395 e. The Balaban J connectivity index is 2.37. The number of aliphatic hydroxyl groups is 1. The van der Waals surface area contributed by atoms with Crippen LogP contribution in [0.1, 0.15) is 29.3 Å². The van der Waals surface area contributed by atoms with E-state index in [1.54, 1.807) is 19.1 Å². The minimum atomic E-state index is -3.52. The molecule has 25 heavy (non-hydrogen) atoms. The third kappa shape index (κ3) is 4.90. The van der Waals surface area contributed by atoms with Crippen LogP contribution >= 0.6 is 0 Å².